The lowest BCUT2D eigenvalue weighted by Gasteiger charge is -2.05. The molecule has 3 aromatic carbocycles. The Morgan fingerprint density at radius 2 is 1.87 bits per heavy atom. The van der Waals surface area contributed by atoms with Gasteiger partial charge in [0.2, 0.25) is 5.13 Å². The summed E-state index contributed by atoms with van der Waals surface area (Å²) >= 11 is 7.40. The molecule has 1 aromatic heterocycles. The van der Waals surface area contributed by atoms with Crippen LogP contribution >= 0.6 is 22.9 Å². The van der Waals surface area contributed by atoms with Crippen LogP contribution in [0.3, 0.4) is 0 Å². The standard InChI is InChI=1S/C24H18ClN3O2S/c1-16-5-9-18(10-6-16)22-15-31-24(27-22)28-26-14-17-7-11-21(12-8-17)30-23(29)19-3-2-4-20(25)13-19/h2-15H,1H3,(H,27,28)/b26-14+. The molecular weight excluding hydrogens is 430 g/mol. The van der Waals surface area contributed by atoms with Crippen LogP contribution < -0.4 is 10.2 Å². The lowest BCUT2D eigenvalue weighted by Crippen LogP contribution is -2.08. The van der Waals surface area contributed by atoms with Gasteiger partial charge in [-0.1, -0.05) is 47.5 Å². The summed E-state index contributed by atoms with van der Waals surface area (Å²) in [6.07, 6.45) is 1.68. The minimum atomic E-state index is -0.460. The fourth-order valence-corrected chi connectivity index (χ4v) is 3.61. The van der Waals surface area contributed by atoms with Crippen LogP contribution in [0.1, 0.15) is 21.5 Å². The molecule has 7 heteroatoms. The van der Waals surface area contributed by atoms with Crippen LogP contribution in [0.15, 0.2) is 83.3 Å². The lowest BCUT2D eigenvalue weighted by molar-refractivity contribution is 0.0735. The quantitative estimate of drug-likeness (QED) is 0.160. The normalized spacial score (nSPS) is 10.9. The van der Waals surface area contributed by atoms with Crippen molar-refractivity contribution in [1.82, 2.24) is 4.98 Å². The van der Waals surface area contributed by atoms with E-state index in [4.69, 9.17) is 16.3 Å². The first-order chi connectivity index (χ1) is 15.1. The smallest absolute Gasteiger partial charge is 0.343 e. The second-order valence-electron chi connectivity index (χ2n) is 6.74. The van der Waals surface area contributed by atoms with Crippen LogP contribution in [0.5, 0.6) is 5.75 Å². The maximum absolute atomic E-state index is 12.2. The fraction of sp³-hybridized carbons (Fsp3) is 0.0417. The van der Waals surface area contributed by atoms with Crippen molar-refractivity contribution in [3.05, 3.63) is 99.9 Å². The van der Waals surface area contributed by atoms with Gasteiger partial charge in [-0.25, -0.2) is 9.78 Å². The molecule has 0 amide bonds. The van der Waals surface area contributed by atoms with E-state index in [-0.39, 0.29) is 0 Å². The number of carbonyl (C=O) groups excluding carboxylic acids is 1. The van der Waals surface area contributed by atoms with Crippen molar-refractivity contribution in [1.29, 1.82) is 0 Å². The number of esters is 1. The van der Waals surface area contributed by atoms with E-state index < -0.39 is 5.97 Å². The maximum Gasteiger partial charge on any atom is 0.343 e. The van der Waals surface area contributed by atoms with Crippen LogP contribution in [-0.4, -0.2) is 17.2 Å². The van der Waals surface area contributed by atoms with Crippen molar-refractivity contribution in [3.63, 3.8) is 0 Å². The molecular formula is C24H18ClN3O2S. The van der Waals surface area contributed by atoms with E-state index in [1.165, 1.54) is 16.9 Å². The predicted molar refractivity (Wildman–Crippen MR) is 126 cm³/mol. The van der Waals surface area contributed by atoms with E-state index >= 15 is 0 Å². The van der Waals surface area contributed by atoms with E-state index in [0.29, 0.717) is 21.5 Å². The van der Waals surface area contributed by atoms with Gasteiger partial charge in [0.05, 0.1) is 17.5 Å². The van der Waals surface area contributed by atoms with Gasteiger partial charge in [0.1, 0.15) is 5.75 Å². The zero-order valence-electron chi connectivity index (χ0n) is 16.6. The molecule has 0 aliphatic carbocycles. The third-order valence-electron chi connectivity index (χ3n) is 4.38. The Hall–Kier alpha value is -3.48. The number of benzene rings is 3. The molecule has 31 heavy (non-hydrogen) atoms. The highest BCUT2D eigenvalue weighted by Gasteiger charge is 2.09. The minimum Gasteiger partial charge on any atom is -0.423 e. The van der Waals surface area contributed by atoms with E-state index in [1.54, 1.807) is 42.6 Å². The summed E-state index contributed by atoms with van der Waals surface area (Å²) in [4.78, 5) is 16.7. The number of ether oxygens (including phenoxy) is 1. The number of thiazole rings is 1. The largest absolute Gasteiger partial charge is 0.423 e. The van der Waals surface area contributed by atoms with Crippen LogP contribution in [-0.2, 0) is 0 Å². The molecule has 4 aromatic rings. The van der Waals surface area contributed by atoms with Crippen LogP contribution in [0, 0.1) is 6.92 Å². The summed E-state index contributed by atoms with van der Waals surface area (Å²) in [5, 5.41) is 7.42. The lowest BCUT2D eigenvalue weighted by atomic mass is 10.1. The SMILES string of the molecule is Cc1ccc(-c2csc(N/N=C/c3ccc(OC(=O)c4cccc(Cl)c4)cc3)n2)cc1. The third kappa shape index (κ3) is 5.57. The second-order valence-corrected chi connectivity index (χ2v) is 8.04. The number of halogens is 1. The van der Waals surface area contributed by atoms with Crippen LogP contribution in [0.4, 0.5) is 5.13 Å². The van der Waals surface area contributed by atoms with Crippen molar-refractivity contribution in [2.75, 3.05) is 5.43 Å². The Bertz CT molecular complexity index is 1220. The molecule has 0 saturated heterocycles. The van der Waals surface area contributed by atoms with Gasteiger partial charge in [0, 0.05) is 16.0 Å². The van der Waals surface area contributed by atoms with Crippen molar-refractivity contribution in [2.45, 2.75) is 6.92 Å². The van der Waals surface area contributed by atoms with E-state index in [9.17, 15) is 4.79 Å². The summed E-state index contributed by atoms with van der Waals surface area (Å²) in [7, 11) is 0. The van der Waals surface area contributed by atoms with E-state index in [0.717, 1.165) is 16.8 Å². The van der Waals surface area contributed by atoms with Crippen molar-refractivity contribution >= 4 is 40.3 Å². The molecule has 0 bridgehead atoms. The van der Waals surface area contributed by atoms with Gasteiger partial charge >= 0.3 is 5.97 Å². The number of hydrogen-bond acceptors (Lipinski definition) is 6. The summed E-state index contributed by atoms with van der Waals surface area (Å²) in [5.74, 6) is -0.0171. The summed E-state index contributed by atoms with van der Waals surface area (Å²) < 4.78 is 5.37. The minimum absolute atomic E-state index is 0.399. The molecule has 154 valence electrons. The number of aromatic nitrogens is 1. The predicted octanol–water partition coefficient (Wildman–Crippen LogP) is 6.44. The Morgan fingerprint density at radius 1 is 1.10 bits per heavy atom. The number of aryl methyl sites for hydroxylation is 1. The molecule has 5 nitrogen and oxygen atoms in total. The molecule has 4 rings (SSSR count). The molecule has 0 aliphatic heterocycles. The van der Waals surface area contributed by atoms with Crippen molar-refractivity contribution < 1.29 is 9.53 Å². The number of anilines is 1. The molecule has 0 spiro atoms. The number of hydrogen-bond donors (Lipinski definition) is 1. The molecule has 0 aliphatic rings. The van der Waals surface area contributed by atoms with Gasteiger partial charge in [-0.05, 0) is 55.0 Å². The molecule has 1 N–H and O–H groups in total. The topological polar surface area (TPSA) is 63.6 Å². The fourth-order valence-electron chi connectivity index (χ4n) is 2.75. The van der Waals surface area contributed by atoms with Crippen molar-refractivity contribution in [2.24, 2.45) is 5.10 Å². The first-order valence-electron chi connectivity index (χ1n) is 9.46. The van der Waals surface area contributed by atoms with Gasteiger partial charge in [0.15, 0.2) is 0 Å². The van der Waals surface area contributed by atoms with Crippen LogP contribution in [0.25, 0.3) is 11.3 Å². The van der Waals surface area contributed by atoms with Gasteiger partial charge in [-0.3, -0.25) is 5.43 Å². The second kappa shape index (κ2) is 9.55. The molecule has 0 atom stereocenters. The first-order valence-corrected chi connectivity index (χ1v) is 10.7. The molecule has 0 saturated carbocycles. The highest BCUT2D eigenvalue weighted by Crippen LogP contribution is 2.25. The van der Waals surface area contributed by atoms with Gasteiger partial charge in [-0.2, -0.15) is 5.10 Å². The summed E-state index contributed by atoms with van der Waals surface area (Å²) in [6.45, 7) is 2.06. The van der Waals surface area contributed by atoms with Gasteiger partial charge < -0.3 is 4.74 Å². The Labute approximate surface area is 189 Å². The molecule has 0 radical (unpaired) electrons. The third-order valence-corrected chi connectivity index (χ3v) is 5.36. The number of rotatable bonds is 6. The van der Waals surface area contributed by atoms with Crippen molar-refractivity contribution in [3.8, 4) is 17.0 Å². The first kappa shape index (κ1) is 20.8. The zero-order valence-corrected chi connectivity index (χ0v) is 18.2. The highest BCUT2D eigenvalue weighted by atomic mass is 35.5. The molecule has 0 unspecified atom stereocenters. The zero-order chi connectivity index (χ0) is 21.6. The van der Waals surface area contributed by atoms with E-state index in [1.807, 2.05) is 17.5 Å². The van der Waals surface area contributed by atoms with Gasteiger partial charge in [-0.15, -0.1) is 11.3 Å². The average Bonchev–Trinajstić information content (AvgIpc) is 3.24. The van der Waals surface area contributed by atoms with Gasteiger partial charge in [0.25, 0.3) is 0 Å². The highest BCUT2D eigenvalue weighted by molar-refractivity contribution is 7.14. The molecule has 0 fully saturated rings. The van der Waals surface area contributed by atoms with E-state index in [2.05, 4.69) is 46.7 Å². The Kier molecular flexibility index (Phi) is 6.40. The number of carbonyl (C=O) groups is 1. The Balaban J connectivity index is 1.34. The summed E-state index contributed by atoms with van der Waals surface area (Å²) in [5.41, 5.74) is 7.40. The number of hydrazone groups is 1. The average molecular weight is 448 g/mol. The number of nitrogens with one attached hydrogen (secondary N) is 1. The summed E-state index contributed by atoms with van der Waals surface area (Å²) in [6, 6.07) is 21.9. The maximum atomic E-state index is 12.2. The van der Waals surface area contributed by atoms with Crippen LogP contribution in [0.2, 0.25) is 5.02 Å². The molecule has 1 heterocycles. The number of nitrogens with zero attached hydrogens (tertiary/aromatic N) is 2. The monoisotopic (exact) mass is 447 g/mol. The Morgan fingerprint density at radius 3 is 2.61 bits per heavy atom.